The summed E-state index contributed by atoms with van der Waals surface area (Å²) in [7, 11) is 2.75. The van der Waals surface area contributed by atoms with Crippen LogP contribution in [0.1, 0.15) is 17.3 Å². The van der Waals surface area contributed by atoms with Crippen LogP contribution >= 0.6 is 0 Å². The molecule has 1 aromatic heterocycles. The number of methoxy groups -OCH3 is 2. The summed E-state index contributed by atoms with van der Waals surface area (Å²) in [6.07, 6.45) is 2.02. The number of nitrogens with one attached hydrogen (secondary N) is 1. The molecule has 0 aliphatic rings. The second kappa shape index (κ2) is 8.47. The lowest BCUT2D eigenvalue weighted by Gasteiger charge is -2.12. The predicted molar refractivity (Wildman–Crippen MR) is 106 cm³/mol. The van der Waals surface area contributed by atoms with Gasteiger partial charge in [0.05, 0.1) is 14.2 Å². The minimum absolute atomic E-state index is 0.240. The second-order valence-corrected chi connectivity index (χ2v) is 6.06. The van der Waals surface area contributed by atoms with Crippen molar-refractivity contribution in [3.8, 4) is 11.5 Å². The van der Waals surface area contributed by atoms with E-state index in [0.717, 1.165) is 17.4 Å². The number of hydrogen-bond acceptors (Lipinski definition) is 5. The van der Waals surface area contributed by atoms with E-state index in [1.54, 1.807) is 18.2 Å². The second-order valence-electron chi connectivity index (χ2n) is 6.06. The number of ether oxygens (including phenoxy) is 3. The van der Waals surface area contributed by atoms with Gasteiger partial charge in [-0.05, 0) is 49.4 Å². The zero-order valence-corrected chi connectivity index (χ0v) is 16.0. The molecule has 7 nitrogen and oxygen atoms in total. The van der Waals surface area contributed by atoms with E-state index in [4.69, 9.17) is 9.47 Å². The quantitative estimate of drug-likeness (QED) is 0.633. The molecule has 0 aliphatic heterocycles. The number of fused-ring (bicyclic) bond motifs is 1. The topological polar surface area (TPSA) is 78.8 Å². The Kier molecular flexibility index (Phi) is 5.84. The first-order valence-electron chi connectivity index (χ1n) is 8.83. The monoisotopic (exact) mass is 382 g/mol. The number of amides is 1. The molecule has 0 aliphatic carbocycles. The Morgan fingerprint density at radius 1 is 1.04 bits per heavy atom. The number of aromatic nitrogens is 1. The van der Waals surface area contributed by atoms with Crippen molar-refractivity contribution in [1.82, 2.24) is 4.57 Å². The van der Waals surface area contributed by atoms with Crippen LogP contribution in [0, 0.1) is 0 Å². The molecule has 0 atom stereocenters. The third-order valence-corrected chi connectivity index (χ3v) is 4.37. The number of hydrogen-bond donors (Lipinski definition) is 1. The summed E-state index contributed by atoms with van der Waals surface area (Å²) in [5, 5.41) is 3.95. The van der Waals surface area contributed by atoms with E-state index < -0.39 is 5.97 Å². The summed E-state index contributed by atoms with van der Waals surface area (Å²) in [5.74, 6) is -0.0675. The van der Waals surface area contributed by atoms with Gasteiger partial charge in [0.25, 0.3) is 5.91 Å². The van der Waals surface area contributed by atoms with Gasteiger partial charge in [-0.2, -0.15) is 0 Å². The Bertz CT molecular complexity index is 1010. The molecule has 3 aromatic rings. The van der Waals surface area contributed by atoms with E-state index in [1.807, 2.05) is 30.5 Å². The van der Waals surface area contributed by atoms with Crippen LogP contribution < -0.4 is 14.8 Å². The van der Waals surface area contributed by atoms with Crippen molar-refractivity contribution < 1.29 is 23.8 Å². The van der Waals surface area contributed by atoms with Crippen molar-refractivity contribution in [2.45, 2.75) is 13.5 Å². The fourth-order valence-electron chi connectivity index (χ4n) is 2.88. The maximum atomic E-state index is 12.6. The average molecular weight is 382 g/mol. The largest absolute Gasteiger partial charge is 0.493 e. The number of rotatable bonds is 7. The maximum absolute atomic E-state index is 12.6. The van der Waals surface area contributed by atoms with Gasteiger partial charge in [0.2, 0.25) is 0 Å². The average Bonchev–Trinajstić information content (AvgIpc) is 3.14. The molecule has 28 heavy (non-hydrogen) atoms. The predicted octanol–water partition coefficient (Wildman–Crippen LogP) is 3.47. The molecule has 1 N–H and O–H groups in total. The third-order valence-electron chi connectivity index (χ3n) is 4.37. The lowest BCUT2D eigenvalue weighted by molar-refractivity contribution is -0.142. The first-order chi connectivity index (χ1) is 13.5. The summed E-state index contributed by atoms with van der Waals surface area (Å²) >= 11 is 0. The Balaban J connectivity index is 1.75. The van der Waals surface area contributed by atoms with Gasteiger partial charge in [-0.25, -0.2) is 4.79 Å². The molecule has 2 aromatic carbocycles. The summed E-state index contributed by atoms with van der Waals surface area (Å²) in [6, 6.07) is 12.6. The van der Waals surface area contributed by atoms with E-state index in [0.29, 0.717) is 22.7 Å². The van der Waals surface area contributed by atoms with Gasteiger partial charge in [0, 0.05) is 34.9 Å². The van der Waals surface area contributed by atoms with Crippen LogP contribution in [0.2, 0.25) is 0 Å². The van der Waals surface area contributed by atoms with Gasteiger partial charge < -0.3 is 24.1 Å². The normalized spacial score (nSPS) is 10.5. The standard InChI is InChI=1S/C21H22N2O5/c1-4-23-10-9-14-11-16(6-7-17(14)23)22-21(25)15-5-8-18(19(12-15)26-2)28-13-20(24)27-3/h5-12H,4,13H2,1-3H3,(H,22,25). The van der Waals surface area contributed by atoms with E-state index >= 15 is 0 Å². The van der Waals surface area contributed by atoms with E-state index in [1.165, 1.54) is 14.2 Å². The lowest BCUT2D eigenvalue weighted by atomic mass is 10.1. The molecular formula is C21H22N2O5. The van der Waals surface area contributed by atoms with Gasteiger partial charge in [-0.3, -0.25) is 4.79 Å². The molecule has 0 unspecified atom stereocenters. The van der Waals surface area contributed by atoms with E-state index in [9.17, 15) is 9.59 Å². The highest BCUT2D eigenvalue weighted by Crippen LogP contribution is 2.29. The fraction of sp³-hybridized carbons (Fsp3) is 0.238. The first-order valence-corrected chi connectivity index (χ1v) is 8.83. The van der Waals surface area contributed by atoms with Crippen molar-refractivity contribution in [2.24, 2.45) is 0 Å². The number of benzene rings is 2. The van der Waals surface area contributed by atoms with Crippen molar-refractivity contribution in [3.05, 3.63) is 54.2 Å². The molecule has 0 fully saturated rings. The molecule has 0 saturated heterocycles. The SMILES string of the molecule is CCn1ccc2cc(NC(=O)c3ccc(OCC(=O)OC)c(OC)c3)ccc21. The van der Waals surface area contributed by atoms with Crippen LogP contribution in [0.5, 0.6) is 11.5 Å². The van der Waals surface area contributed by atoms with Crippen LogP contribution in [-0.2, 0) is 16.1 Å². The van der Waals surface area contributed by atoms with E-state index in [-0.39, 0.29) is 12.5 Å². The number of esters is 1. The zero-order valence-electron chi connectivity index (χ0n) is 16.0. The van der Waals surface area contributed by atoms with Crippen molar-refractivity contribution in [1.29, 1.82) is 0 Å². The number of anilines is 1. The summed E-state index contributed by atoms with van der Waals surface area (Å²) < 4.78 is 17.3. The highest BCUT2D eigenvalue weighted by Gasteiger charge is 2.13. The van der Waals surface area contributed by atoms with Crippen LogP contribution in [-0.4, -0.2) is 37.3 Å². The third kappa shape index (κ3) is 4.09. The smallest absolute Gasteiger partial charge is 0.343 e. The minimum atomic E-state index is -0.504. The molecule has 7 heteroatoms. The number of carbonyl (C=O) groups excluding carboxylic acids is 2. The number of nitrogens with zero attached hydrogens (tertiary/aromatic N) is 1. The first kappa shape index (κ1) is 19.3. The molecule has 1 heterocycles. The van der Waals surface area contributed by atoms with Gasteiger partial charge in [0.1, 0.15) is 0 Å². The molecule has 3 rings (SSSR count). The minimum Gasteiger partial charge on any atom is -0.493 e. The van der Waals surface area contributed by atoms with Crippen LogP contribution in [0.3, 0.4) is 0 Å². The Labute approximate surface area is 162 Å². The van der Waals surface area contributed by atoms with Crippen molar-refractivity contribution in [3.63, 3.8) is 0 Å². The Hall–Kier alpha value is -3.48. The Morgan fingerprint density at radius 2 is 1.86 bits per heavy atom. The fourth-order valence-corrected chi connectivity index (χ4v) is 2.88. The van der Waals surface area contributed by atoms with Gasteiger partial charge in [-0.15, -0.1) is 0 Å². The van der Waals surface area contributed by atoms with Crippen molar-refractivity contribution in [2.75, 3.05) is 26.1 Å². The van der Waals surface area contributed by atoms with Gasteiger partial charge in [-0.1, -0.05) is 0 Å². The molecule has 0 saturated carbocycles. The molecular weight excluding hydrogens is 360 g/mol. The van der Waals surface area contributed by atoms with Gasteiger partial charge >= 0.3 is 5.97 Å². The molecule has 1 amide bonds. The Morgan fingerprint density at radius 3 is 2.57 bits per heavy atom. The lowest BCUT2D eigenvalue weighted by Crippen LogP contribution is -2.14. The van der Waals surface area contributed by atoms with E-state index in [2.05, 4.69) is 21.5 Å². The molecule has 0 radical (unpaired) electrons. The summed E-state index contributed by atoms with van der Waals surface area (Å²) in [4.78, 5) is 23.8. The zero-order chi connectivity index (χ0) is 20.1. The summed E-state index contributed by atoms with van der Waals surface area (Å²) in [6.45, 7) is 2.73. The van der Waals surface area contributed by atoms with Crippen molar-refractivity contribution >= 4 is 28.5 Å². The number of carbonyl (C=O) groups is 2. The van der Waals surface area contributed by atoms with Gasteiger partial charge in [0.15, 0.2) is 18.1 Å². The highest BCUT2D eigenvalue weighted by atomic mass is 16.6. The molecule has 146 valence electrons. The van der Waals surface area contributed by atoms with Crippen LogP contribution in [0.15, 0.2) is 48.7 Å². The molecule has 0 bridgehead atoms. The maximum Gasteiger partial charge on any atom is 0.343 e. The summed E-state index contributed by atoms with van der Waals surface area (Å²) in [5.41, 5.74) is 2.24. The molecule has 0 spiro atoms. The van der Waals surface area contributed by atoms with Crippen LogP contribution in [0.4, 0.5) is 5.69 Å². The van der Waals surface area contributed by atoms with Crippen LogP contribution in [0.25, 0.3) is 10.9 Å². The highest BCUT2D eigenvalue weighted by molar-refractivity contribution is 6.05. The number of aryl methyl sites for hydroxylation is 1.